The van der Waals surface area contributed by atoms with Crippen molar-refractivity contribution in [3.8, 4) is 0 Å². The molecule has 0 saturated heterocycles. The predicted molar refractivity (Wildman–Crippen MR) is 78.8 cm³/mol. The van der Waals surface area contributed by atoms with Crippen LogP contribution in [-0.4, -0.2) is 14.5 Å². The molecule has 0 unspecified atom stereocenters. The van der Waals surface area contributed by atoms with Gasteiger partial charge in [0.15, 0.2) is 0 Å². The van der Waals surface area contributed by atoms with Gasteiger partial charge in [0.2, 0.25) is 0 Å². The van der Waals surface area contributed by atoms with Gasteiger partial charge in [-0.15, -0.1) is 0 Å². The van der Waals surface area contributed by atoms with Crippen LogP contribution in [-0.2, 0) is 6.54 Å². The molecule has 1 aromatic carbocycles. The van der Waals surface area contributed by atoms with Gasteiger partial charge in [0.05, 0.1) is 18.3 Å². The average molecular weight is 283 g/mol. The van der Waals surface area contributed by atoms with Crippen LogP contribution >= 0.6 is 0 Å². The van der Waals surface area contributed by atoms with Crippen LogP contribution in [0.2, 0.25) is 0 Å². The minimum absolute atomic E-state index is 0.109. The van der Waals surface area contributed by atoms with Crippen LogP contribution in [0.15, 0.2) is 41.6 Å². The van der Waals surface area contributed by atoms with Gasteiger partial charge in [0.25, 0.3) is 5.56 Å². The second-order valence-electron chi connectivity index (χ2n) is 5.07. The fraction of sp³-hybridized carbons (Fsp3) is 0.188. The molecular formula is C16H14FN3O. The summed E-state index contributed by atoms with van der Waals surface area (Å²) >= 11 is 0. The number of benzene rings is 1. The number of hydrogen-bond donors (Lipinski definition) is 0. The van der Waals surface area contributed by atoms with E-state index in [1.807, 2.05) is 19.9 Å². The number of nitrogens with zero attached hydrogens (tertiary/aromatic N) is 3. The zero-order valence-electron chi connectivity index (χ0n) is 11.8. The van der Waals surface area contributed by atoms with E-state index >= 15 is 0 Å². The third-order valence-electron chi connectivity index (χ3n) is 3.50. The van der Waals surface area contributed by atoms with E-state index in [0.29, 0.717) is 6.54 Å². The van der Waals surface area contributed by atoms with E-state index in [1.54, 1.807) is 12.3 Å². The third kappa shape index (κ3) is 2.42. The fourth-order valence-corrected chi connectivity index (χ4v) is 2.34. The van der Waals surface area contributed by atoms with Crippen LogP contribution in [0.4, 0.5) is 4.39 Å². The van der Waals surface area contributed by atoms with Crippen molar-refractivity contribution in [2.75, 3.05) is 0 Å². The largest absolute Gasteiger partial charge is 0.294 e. The summed E-state index contributed by atoms with van der Waals surface area (Å²) in [6.07, 6.45) is 3.14. The SMILES string of the molecule is Cc1cc(C)c(Cn2cnc3c(F)cccc3c2=O)cn1. The van der Waals surface area contributed by atoms with Gasteiger partial charge >= 0.3 is 0 Å². The molecule has 0 fully saturated rings. The van der Waals surface area contributed by atoms with Crippen molar-refractivity contribution in [1.82, 2.24) is 14.5 Å². The molecule has 3 rings (SSSR count). The van der Waals surface area contributed by atoms with Crippen LogP contribution in [0.3, 0.4) is 0 Å². The highest BCUT2D eigenvalue weighted by molar-refractivity contribution is 5.77. The number of halogens is 1. The van der Waals surface area contributed by atoms with Crippen LogP contribution in [0.25, 0.3) is 10.9 Å². The normalized spacial score (nSPS) is 11.0. The highest BCUT2D eigenvalue weighted by Crippen LogP contribution is 2.12. The zero-order chi connectivity index (χ0) is 15.0. The Morgan fingerprint density at radius 3 is 2.81 bits per heavy atom. The van der Waals surface area contributed by atoms with Crippen molar-refractivity contribution in [2.45, 2.75) is 20.4 Å². The second-order valence-corrected chi connectivity index (χ2v) is 5.07. The molecule has 0 atom stereocenters. The molecule has 0 radical (unpaired) electrons. The summed E-state index contributed by atoms with van der Waals surface area (Å²) in [7, 11) is 0. The van der Waals surface area contributed by atoms with Gasteiger partial charge < -0.3 is 0 Å². The fourth-order valence-electron chi connectivity index (χ4n) is 2.34. The molecular weight excluding hydrogens is 269 g/mol. The lowest BCUT2D eigenvalue weighted by atomic mass is 10.1. The van der Waals surface area contributed by atoms with E-state index in [-0.39, 0.29) is 16.5 Å². The molecule has 0 spiro atoms. The van der Waals surface area contributed by atoms with E-state index < -0.39 is 5.82 Å². The number of hydrogen-bond acceptors (Lipinski definition) is 3. The van der Waals surface area contributed by atoms with Crippen molar-refractivity contribution in [3.63, 3.8) is 0 Å². The third-order valence-corrected chi connectivity index (χ3v) is 3.50. The Morgan fingerprint density at radius 1 is 1.24 bits per heavy atom. The van der Waals surface area contributed by atoms with Crippen molar-refractivity contribution in [1.29, 1.82) is 0 Å². The number of pyridine rings is 1. The average Bonchev–Trinajstić information content (AvgIpc) is 2.45. The van der Waals surface area contributed by atoms with Gasteiger partial charge in [-0.3, -0.25) is 14.3 Å². The molecule has 3 aromatic rings. The Labute approximate surface area is 120 Å². The number of rotatable bonds is 2. The lowest BCUT2D eigenvalue weighted by Gasteiger charge is -2.09. The van der Waals surface area contributed by atoms with Gasteiger partial charge in [0.1, 0.15) is 11.3 Å². The summed E-state index contributed by atoms with van der Waals surface area (Å²) in [5, 5.41) is 0.287. The van der Waals surface area contributed by atoms with Gasteiger partial charge in [-0.05, 0) is 43.2 Å². The molecule has 2 aromatic heterocycles. The highest BCUT2D eigenvalue weighted by atomic mass is 19.1. The van der Waals surface area contributed by atoms with E-state index in [4.69, 9.17) is 0 Å². The Kier molecular flexibility index (Phi) is 3.25. The number of fused-ring (bicyclic) bond motifs is 1. The highest BCUT2D eigenvalue weighted by Gasteiger charge is 2.09. The summed E-state index contributed by atoms with van der Waals surface area (Å²) in [6, 6.07) is 6.37. The molecule has 0 aliphatic rings. The summed E-state index contributed by atoms with van der Waals surface area (Å²) in [6.45, 7) is 4.27. The molecule has 21 heavy (non-hydrogen) atoms. The van der Waals surface area contributed by atoms with E-state index in [9.17, 15) is 9.18 Å². The molecule has 0 aliphatic heterocycles. The van der Waals surface area contributed by atoms with Crippen molar-refractivity contribution in [3.05, 3.63) is 69.8 Å². The van der Waals surface area contributed by atoms with E-state index in [0.717, 1.165) is 16.8 Å². The van der Waals surface area contributed by atoms with Crippen LogP contribution < -0.4 is 5.56 Å². The first-order chi connectivity index (χ1) is 10.1. The van der Waals surface area contributed by atoms with Gasteiger partial charge in [-0.1, -0.05) is 6.07 Å². The molecule has 0 N–H and O–H groups in total. The molecule has 5 heteroatoms. The standard InChI is InChI=1S/C16H14FN3O/c1-10-6-11(2)18-7-12(10)8-20-9-19-15-13(16(20)21)4-3-5-14(15)17/h3-7,9H,8H2,1-2H3. The predicted octanol–water partition coefficient (Wildman–Crippen LogP) is 2.60. The quantitative estimate of drug-likeness (QED) is 0.726. The van der Waals surface area contributed by atoms with Crippen molar-refractivity contribution >= 4 is 10.9 Å². The lowest BCUT2D eigenvalue weighted by molar-refractivity contribution is 0.634. The number of para-hydroxylation sites is 1. The van der Waals surface area contributed by atoms with Gasteiger partial charge in [0, 0.05) is 11.9 Å². The maximum Gasteiger partial charge on any atom is 0.261 e. The number of aromatic nitrogens is 3. The van der Waals surface area contributed by atoms with Gasteiger partial charge in [-0.2, -0.15) is 0 Å². The molecule has 2 heterocycles. The Hall–Kier alpha value is -2.56. The molecule has 4 nitrogen and oxygen atoms in total. The summed E-state index contributed by atoms with van der Waals surface area (Å²) in [4.78, 5) is 20.7. The van der Waals surface area contributed by atoms with Crippen LogP contribution in [0.1, 0.15) is 16.8 Å². The Morgan fingerprint density at radius 2 is 2.05 bits per heavy atom. The first-order valence-electron chi connectivity index (χ1n) is 6.62. The smallest absolute Gasteiger partial charge is 0.261 e. The van der Waals surface area contributed by atoms with E-state index in [1.165, 1.54) is 23.0 Å². The van der Waals surface area contributed by atoms with Crippen LogP contribution in [0, 0.1) is 19.7 Å². The Balaban J connectivity index is 2.09. The zero-order valence-corrected chi connectivity index (χ0v) is 11.8. The maximum absolute atomic E-state index is 13.6. The first-order valence-corrected chi connectivity index (χ1v) is 6.62. The first kappa shape index (κ1) is 13.4. The summed E-state index contributed by atoms with van der Waals surface area (Å²) in [5.41, 5.74) is 2.80. The van der Waals surface area contributed by atoms with Crippen molar-refractivity contribution in [2.24, 2.45) is 0 Å². The monoisotopic (exact) mass is 283 g/mol. The topological polar surface area (TPSA) is 47.8 Å². The minimum Gasteiger partial charge on any atom is -0.294 e. The van der Waals surface area contributed by atoms with Crippen LogP contribution in [0.5, 0.6) is 0 Å². The molecule has 0 aliphatic carbocycles. The second kappa shape index (κ2) is 5.09. The molecule has 0 amide bonds. The molecule has 0 bridgehead atoms. The van der Waals surface area contributed by atoms with Crippen molar-refractivity contribution < 1.29 is 4.39 Å². The molecule has 106 valence electrons. The van der Waals surface area contributed by atoms with E-state index in [2.05, 4.69) is 9.97 Å². The molecule has 0 saturated carbocycles. The Bertz CT molecular complexity index is 886. The number of aryl methyl sites for hydroxylation is 2. The minimum atomic E-state index is -0.482. The summed E-state index contributed by atoms with van der Waals surface area (Å²) in [5.74, 6) is -0.482. The van der Waals surface area contributed by atoms with Gasteiger partial charge in [-0.25, -0.2) is 9.37 Å². The lowest BCUT2D eigenvalue weighted by Crippen LogP contribution is -2.22. The maximum atomic E-state index is 13.6. The summed E-state index contributed by atoms with van der Waals surface area (Å²) < 4.78 is 15.1.